The van der Waals surface area contributed by atoms with Crippen molar-refractivity contribution in [1.29, 1.82) is 0 Å². The van der Waals surface area contributed by atoms with Gasteiger partial charge in [0.1, 0.15) is 12.2 Å². The third-order valence-electron chi connectivity index (χ3n) is 4.00. The molecule has 18 heavy (non-hydrogen) atoms. The van der Waals surface area contributed by atoms with E-state index in [1.54, 1.807) is 6.33 Å². The van der Waals surface area contributed by atoms with E-state index in [4.69, 9.17) is 9.50 Å². The van der Waals surface area contributed by atoms with Crippen molar-refractivity contribution in [3.05, 3.63) is 12.2 Å². The van der Waals surface area contributed by atoms with E-state index in [1.165, 1.54) is 18.7 Å². The fourth-order valence-electron chi connectivity index (χ4n) is 3.10. The highest BCUT2D eigenvalue weighted by Crippen LogP contribution is 2.55. The molecular weight excluding hydrogens is 249 g/mol. The Morgan fingerprint density at radius 2 is 2.44 bits per heavy atom. The molecule has 1 spiro atoms. The summed E-state index contributed by atoms with van der Waals surface area (Å²) in [5.74, 6) is 1.79. The van der Waals surface area contributed by atoms with E-state index in [0.29, 0.717) is 0 Å². The van der Waals surface area contributed by atoms with E-state index in [-0.39, 0.29) is 13.6 Å². The van der Waals surface area contributed by atoms with Crippen LogP contribution in [0.15, 0.2) is 11.1 Å². The zero-order valence-electron chi connectivity index (χ0n) is 10.4. The average molecular weight is 265 g/mol. The fourth-order valence-corrected chi connectivity index (χ4v) is 5.65. The summed E-state index contributed by atoms with van der Waals surface area (Å²) in [6, 6.07) is 0. The summed E-state index contributed by atoms with van der Waals surface area (Å²) in [6.07, 6.45) is 5.41. The van der Waals surface area contributed by atoms with Crippen LogP contribution in [0.25, 0.3) is 0 Å². The molecule has 2 saturated heterocycles. The minimum absolute atomic E-state index is 0.195. The molecule has 3 aliphatic heterocycles. The Morgan fingerprint density at radius 3 is 3.28 bits per heavy atom. The minimum atomic E-state index is -0.224. The zero-order chi connectivity index (χ0) is 12.2. The van der Waals surface area contributed by atoms with Crippen molar-refractivity contribution in [3.8, 4) is 0 Å². The number of rotatable bonds is 0. The smallest absolute Gasteiger partial charge is 0.227 e. The summed E-state index contributed by atoms with van der Waals surface area (Å²) in [5.41, 5.74) is 0.195. The summed E-state index contributed by atoms with van der Waals surface area (Å²) < 4.78 is 12.5. The molecule has 96 valence electrons. The molecule has 1 aromatic heterocycles. The van der Waals surface area contributed by atoms with Gasteiger partial charge in [0.15, 0.2) is 0 Å². The Labute approximate surface area is 107 Å². The number of morpholine rings is 1. The molecule has 0 N–H and O–H groups in total. The van der Waals surface area contributed by atoms with E-state index in [1.807, 2.05) is 11.6 Å². The second-order valence-corrected chi connectivity index (χ2v) is 7.18. The standard InChI is InChI=1S/C11H16N5OP/c1-9-12-8-16(13-9)10-14-18-5-2-11(7-18)6-17-4-3-15(10)11/h8H,2-7H2,1H3. The Kier molecular flexibility index (Phi) is 2.26. The van der Waals surface area contributed by atoms with Crippen molar-refractivity contribution >= 4 is 14.0 Å². The number of ether oxygens (including phenoxy) is 1. The van der Waals surface area contributed by atoms with Crippen LogP contribution in [0.4, 0.5) is 0 Å². The van der Waals surface area contributed by atoms with Gasteiger partial charge in [0, 0.05) is 20.8 Å². The molecule has 7 heteroatoms. The minimum Gasteiger partial charge on any atom is -0.377 e. The lowest BCUT2D eigenvalue weighted by Gasteiger charge is -2.47. The van der Waals surface area contributed by atoms with Crippen molar-refractivity contribution in [2.45, 2.75) is 18.9 Å². The SMILES string of the molecule is Cc1ncn(C2=NP3CCC4(COCCN24)C3)n1. The number of aryl methyl sites for hydroxylation is 1. The van der Waals surface area contributed by atoms with Gasteiger partial charge in [-0.25, -0.2) is 9.75 Å². The van der Waals surface area contributed by atoms with E-state index < -0.39 is 0 Å². The molecule has 4 heterocycles. The monoisotopic (exact) mass is 265 g/mol. The molecule has 4 rings (SSSR count). The highest BCUT2D eigenvalue weighted by atomic mass is 31.1. The second kappa shape index (κ2) is 3.75. The molecule has 1 aromatic rings. The normalized spacial score (nSPS) is 34.4. The van der Waals surface area contributed by atoms with Gasteiger partial charge in [0.05, 0.1) is 18.8 Å². The number of fused-ring (bicyclic) bond motifs is 1. The van der Waals surface area contributed by atoms with Crippen molar-refractivity contribution in [1.82, 2.24) is 19.7 Å². The predicted molar refractivity (Wildman–Crippen MR) is 69.1 cm³/mol. The molecule has 3 aliphatic rings. The number of nitrogens with zero attached hydrogens (tertiary/aromatic N) is 5. The number of hydrogen-bond donors (Lipinski definition) is 0. The summed E-state index contributed by atoms with van der Waals surface area (Å²) in [5, 5.41) is 4.42. The first kappa shape index (κ1) is 10.9. The Balaban J connectivity index is 1.78. The summed E-state index contributed by atoms with van der Waals surface area (Å²) >= 11 is 0. The Hall–Kier alpha value is -1.00. The first-order valence-corrected chi connectivity index (χ1v) is 8.01. The third-order valence-corrected chi connectivity index (χ3v) is 6.15. The van der Waals surface area contributed by atoms with Gasteiger partial charge in [0.25, 0.3) is 0 Å². The van der Waals surface area contributed by atoms with E-state index >= 15 is 0 Å². The number of aromatic nitrogens is 3. The molecule has 2 atom stereocenters. The van der Waals surface area contributed by atoms with Crippen molar-refractivity contribution in [2.24, 2.45) is 4.76 Å². The van der Waals surface area contributed by atoms with Crippen LogP contribution in [0.3, 0.4) is 0 Å². The van der Waals surface area contributed by atoms with Crippen molar-refractivity contribution in [3.63, 3.8) is 0 Å². The van der Waals surface area contributed by atoms with Gasteiger partial charge in [-0.3, -0.25) is 0 Å². The van der Waals surface area contributed by atoms with Gasteiger partial charge in [-0.05, 0) is 19.5 Å². The van der Waals surface area contributed by atoms with Crippen LogP contribution in [0.1, 0.15) is 12.2 Å². The van der Waals surface area contributed by atoms with Gasteiger partial charge < -0.3 is 9.64 Å². The number of hydrogen-bond acceptors (Lipinski definition) is 5. The first-order chi connectivity index (χ1) is 8.77. The molecule has 0 radical (unpaired) electrons. The molecule has 0 aliphatic carbocycles. The maximum absolute atomic E-state index is 5.72. The quantitative estimate of drug-likeness (QED) is 0.647. The highest BCUT2D eigenvalue weighted by molar-refractivity contribution is 7.57. The predicted octanol–water partition coefficient (Wildman–Crippen LogP) is 0.676. The molecule has 0 aromatic carbocycles. The van der Waals surface area contributed by atoms with Gasteiger partial charge in [0.2, 0.25) is 5.96 Å². The topological polar surface area (TPSA) is 55.5 Å². The molecule has 6 nitrogen and oxygen atoms in total. The van der Waals surface area contributed by atoms with Crippen molar-refractivity contribution in [2.75, 3.05) is 32.1 Å². The van der Waals surface area contributed by atoms with Gasteiger partial charge in [-0.1, -0.05) is 0 Å². The lowest BCUT2D eigenvalue weighted by molar-refractivity contribution is -0.0228. The van der Waals surface area contributed by atoms with E-state index in [0.717, 1.165) is 31.5 Å². The van der Waals surface area contributed by atoms with Gasteiger partial charge in [-0.15, -0.1) is 5.10 Å². The molecule has 2 bridgehead atoms. The van der Waals surface area contributed by atoms with Crippen LogP contribution in [-0.4, -0.2) is 63.2 Å². The summed E-state index contributed by atoms with van der Waals surface area (Å²) in [4.78, 5) is 6.63. The van der Waals surface area contributed by atoms with Crippen molar-refractivity contribution < 1.29 is 4.74 Å². The molecular formula is C11H16N5OP. The second-order valence-electron chi connectivity index (χ2n) is 5.20. The molecule has 2 fully saturated rings. The van der Waals surface area contributed by atoms with Gasteiger partial charge >= 0.3 is 0 Å². The average Bonchev–Trinajstić information content (AvgIpc) is 2.94. The maximum Gasteiger partial charge on any atom is 0.227 e. The first-order valence-electron chi connectivity index (χ1n) is 6.34. The van der Waals surface area contributed by atoms with Crippen LogP contribution >= 0.6 is 8.07 Å². The summed E-state index contributed by atoms with van der Waals surface area (Å²) in [6.45, 7) is 4.46. The zero-order valence-corrected chi connectivity index (χ0v) is 11.3. The van der Waals surface area contributed by atoms with E-state index in [2.05, 4.69) is 15.0 Å². The third kappa shape index (κ3) is 1.45. The van der Waals surface area contributed by atoms with Crippen LogP contribution in [0.2, 0.25) is 0 Å². The molecule has 0 saturated carbocycles. The maximum atomic E-state index is 5.72. The Morgan fingerprint density at radius 1 is 1.50 bits per heavy atom. The molecule has 0 amide bonds. The Bertz CT molecular complexity index is 515. The molecule has 2 unspecified atom stereocenters. The van der Waals surface area contributed by atoms with Gasteiger partial charge in [-0.2, -0.15) is 4.68 Å². The van der Waals surface area contributed by atoms with Crippen LogP contribution in [-0.2, 0) is 4.74 Å². The lowest BCUT2D eigenvalue weighted by Crippen LogP contribution is -2.61. The van der Waals surface area contributed by atoms with E-state index in [9.17, 15) is 0 Å². The highest BCUT2D eigenvalue weighted by Gasteiger charge is 2.51. The van der Waals surface area contributed by atoms with Crippen LogP contribution < -0.4 is 0 Å². The fraction of sp³-hybridized carbons (Fsp3) is 0.727. The van der Waals surface area contributed by atoms with Crippen LogP contribution in [0, 0.1) is 6.92 Å². The lowest BCUT2D eigenvalue weighted by atomic mass is 9.96. The van der Waals surface area contributed by atoms with Crippen LogP contribution in [0.5, 0.6) is 0 Å². The largest absolute Gasteiger partial charge is 0.377 e. The summed E-state index contributed by atoms with van der Waals surface area (Å²) in [7, 11) is -0.224.